The number of nitrogens with one attached hydrogen (secondary N) is 1. The van der Waals surface area contributed by atoms with Crippen LogP contribution in [0.4, 0.5) is 5.95 Å². The Labute approximate surface area is 129 Å². The first-order chi connectivity index (χ1) is 10.3. The lowest BCUT2D eigenvalue weighted by Crippen LogP contribution is -2.24. The Hall–Kier alpha value is -0.990. The third kappa shape index (κ3) is 4.24. The van der Waals surface area contributed by atoms with Crippen molar-refractivity contribution in [2.75, 3.05) is 5.32 Å². The molecule has 0 aliphatic heterocycles. The van der Waals surface area contributed by atoms with Gasteiger partial charge in [0.25, 0.3) is 0 Å². The monoisotopic (exact) mass is 289 g/mol. The van der Waals surface area contributed by atoms with E-state index in [-0.39, 0.29) is 0 Å². The normalized spacial score (nSPS) is 27.7. The highest BCUT2D eigenvalue weighted by atomic mass is 15.2. The molecule has 2 fully saturated rings. The second-order valence-electron chi connectivity index (χ2n) is 7.34. The quantitative estimate of drug-likeness (QED) is 0.840. The standard InChI is InChI=1S/C18H31N3/c1-15-7-9-16(10-8-15)11-13-21-14-12-19-18(21)20-17-5-3-2-4-6-17/h12,14-17H,2-11,13H2,1H3,(H,19,20). The van der Waals surface area contributed by atoms with Gasteiger partial charge in [-0.2, -0.15) is 0 Å². The summed E-state index contributed by atoms with van der Waals surface area (Å²) in [6.45, 7) is 3.53. The molecule has 0 aromatic carbocycles. The molecule has 0 saturated heterocycles. The molecule has 1 aromatic heterocycles. The highest BCUT2D eigenvalue weighted by Gasteiger charge is 2.19. The highest BCUT2D eigenvalue weighted by Crippen LogP contribution is 2.31. The summed E-state index contributed by atoms with van der Waals surface area (Å²) in [6.07, 6.45) is 17.9. The van der Waals surface area contributed by atoms with Crippen molar-refractivity contribution in [2.45, 2.75) is 83.7 Å². The molecule has 0 spiro atoms. The molecule has 0 bridgehead atoms. The molecule has 2 aliphatic carbocycles. The van der Waals surface area contributed by atoms with Crippen molar-refractivity contribution in [2.24, 2.45) is 11.8 Å². The summed E-state index contributed by atoms with van der Waals surface area (Å²) in [5.41, 5.74) is 0. The molecule has 21 heavy (non-hydrogen) atoms. The van der Waals surface area contributed by atoms with E-state index < -0.39 is 0 Å². The maximum Gasteiger partial charge on any atom is 0.202 e. The van der Waals surface area contributed by atoms with Crippen LogP contribution in [0.15, 0.2) is 12.4 Å². The topological polar surface area (TPSA) is 29.9 Å². The molecule has 3 heteroatoms. The van der Waals surface area contributed by atoms with Crippen molar-refractivity contribution >= 4 is 5.95 Å². The Bertz CT molecular complexity index is 412. The van der Waals surface area contributed by atoms with Crippen LogP contribution in [0.2, 0.25) is 0 Å². The van der Waals surface area contributed by atoms with E-state index in [1.165, 1.54) is 64.2 Å². The van der Waals surface area contributed by atoms with Crippen LogP contribution in [0.5, 0.6) is 0 Å². The van der Waals surface area contributed by atoms with Gasteiger partial charge >= 0.3 is 0 Å². The summed E-state index contributed by atoms with van der Waals surface area (Å²) in [5, 5.41) is 3.68. The van der Waals surface area contributed by atoms with Crippen LogP contribution < -0.4 is 5.32 Å². The van der Waals surface area contributed by atoms with Crippen LogP contribution in [0.1, 0.15) is 71.1 Å². The Balaban J connectivity index is 1.48. The van der Waals surface area contributed by atoms with Crippen LogP contribution in [0.3, 0.4) is 0 Å². The zero-order valence-corrected chi connectivity index (χ0v) is 13.6. The number of imidazole rings is 1. The molecule has 0 radical (unpaired) electrons. The Morgan fingerprint density at radius 3 is 2.62 bits per heavy atom. The number of aromatic nitrogens is 2. The van der Waals surface area contributed by atoms with Crippen LogP contribution in [-0.4, -0.2) is 15.6 Å². The number of rotatable bonds is 5. The molecule has 1 aromatic rings. The minimum Gasteiger partial charge on any atom is -0.353 e. The molecule has 118 valence electrons. The van der Waals surface area contributed by atoms with Crippen LogP contribution in [-0.2, 0) is 6.54 Å². The SMILES string of the molecule is CC1CCC(CCn2ccnc2NC2CCCCC2)CC1. The lowest BCUT2D eigenvalue weighted by atomic mass is 9.81. The predicted octanol–water partition coefficient (Wildman–Crippen LogP) is 4.84. The average Bonchev–Trinajstić information content (AvgIpc) is 2.95. The van der Waals surface area contributed by atoms with Crippen molar-refractivity contribution in [1.29, 1.82) is 0 Å². The number of hydrogen-bond acceptors (Lipinski definition) is 2. The second-order valence-corrected chi connectivity index (χ2v) is 7.34. The van der Waals surface area contributed by atoms with E-state index in [0.717, 1.165) is 24.3 Å². The first-order valence-corrected chi connectivity index (χ1v) is 9.09. The third-order valence-corrected chi connectivity index (χ3v) is 5.57. The summed E-state index contributed by atoms with van der Waals surface area (Å²) in [5.74, 6) is 3.00. The maximum absolute atomic E-state index is 4.54. The molecular formula is C18H31N3. The lowest BCUT2D eigenvalue weighted by Gasteiger charge is -2.27. The molecular weight excluding hydrogens is 258 g/mol. The van der Waals surface area contributed by atoms with E-state index in [2.05, 4.69) is 28.0 Å². The summed E-state index contributed by atoms with van der Waals surface area (Å²) in [7, 11) is 0. The minimum absolute atomic E-state index is 0.649. The van der Waals surface area contributed by atoms with E-state index in [4.69, 9.17) is 0 Å². The van der Waals surface area contributed by atoms with Crippen LogP contribution in [0.25, 0.3) is 0 Å². The second kappa shape index (κ2) is 7.33. The fraction of sp³-hybridized carbons (Fsp3) is 0.833. The van der Waals surface area contributed by atoms with E-state index in [9.17, 15) is 0 Å². The highest BCUT2D eigenvalue weighted by molar-refractivity contribution is 5.27. The Morgan fingerprint density at radius 2 is 1.86 bits per heavy atom. The van der Waals surface area contributed by atoms with Gasteiger partial charge in [0, 0.05) is 25.0 Å². The van der Waals surface area contributed by atoms with Gasteiger partial charge in [-0.1, -0.05) is 51.9 Å². The molecule has 2 saturated carbocycles. The van der Waals surface area contributed by atoms with Gasteiger partial charge in [0.05, 0.1) is 0 Å². The zero-order chi connectivity index (χ0) is 14.5. The molecule has 0 unspecified atom stereocenters. The molecule has 3 nitrogen and oxygen atoms in total. The van der Waals surface area contributed by atoms with Gasteiger partial charge in [0.2, 0.25) is 5.95 Å². The molecule has 3 rings (SSSR count). The molecule has 0 amide bonds. The molecule has 2 aliphatic rings. The van der Waals surface area contributed by atoms with E-state index in [1.54, 1.807) is 0 Å². The maximum atomic E-state index is 4.54. The lowest BCUT2D eigenvalue weighted by molar-refractivity contribution is 0.269. The first kappa shape index (κ1) is 14.9. The average molecular weight is 289 g/mol. The number of aryl methyl sites for hydroxylation is 1. The van der Waals surface area contributed by atoms with Crippen molar-refractivity contribution in [3.63, 3.8) is 0 Å². The zero-order valence-electron chi connectivity index (χ0n) is 13.6. The van der Waals surface area contributed by atoms with Gasteiger partial charge in [0.15, 0.2) is 0 Å². The number of nitrogens with zero attached hydrogens (tertiary/aromatic N) is 2. The number of hydrogen-bond donors (Lipinski definition) is 1. The van der Waals surface area contributed by atoms with Crippen LogP contribution >= 0.6 is 0 Å². The van der Waals surface area contributed by atoms with E-state index >= 15 is 0 Å². The predicted molar refractivity (Wildman–Crippen MR) is 88.5 cm³/mol. The van der Waals surface area contributed by atoms with E-state index in [0.29, 0.717) is 6.04 Å². The van der Waals surface area contributed by atoms with Crippen molar-refractivity contribution in [1.82, 2.24) is 9.55 Å². The van der Waals surface area contributed by atoms with Gasteiger partial charge in [-0.3, -0.25) is 0 Å². The summed E-state index contributed by atoms with van der Waals surface area (Å²) in [6, 6.07) is 0.649. The van der Waals surface area contributed by atoms with Gasteiger partial charge in [-0.25, -0.2) is 4.98 Å². The molecule has 1 N–H and O–H groups in total. The largest absolute Gasteiger partial charge is 0.353 e. The van der Waals surface area contributed by atoms with Gasteiger partial charge in [-0.15, -0.1) is 0 Å². The molecule has 0 atom stereocenters. The van der Waals surface area contributed by atoms with Gasteiger partial charge < -0.3 is 9.88 Å². The Kier molecular flexibility index (Phi) is 5.21. The van der Waals surface area contributed by atoms with Crippen molar-refractivity contribution in [3.8, 4) is 0 Å². The van der Waals surface area contributed by atoms with Crippen molar-refractivity contribution < 1.29 is 0 Å². The molecule has 1 heterocycles. The fourth-order valence-corrected chi connectivity index (χ4v) is 4.00. The smallest absolute Gasteiger partial charge is 0.202 e. The van der Waals surface area contributed by atoms with Crippen molar-refractivity contribution in [3.05, 3.63) is 12.4 Å². The first-order valence-electron chi connectivity index (χ1n) is 9.09. The Morgan fingerprint density at radius 1 is 1.10 bits per heavy atom. The fourth-order valence-electron chi connectivity index (χ4n) is 4.00. The minimum atomic E-state index is 0.649. The van der Waals surface area contributed by atoms with E-state index in [1.807, 2.05) is 6.20 Å². The third-order valence-electron chi connectivity index (χ3n) is 5.57. The number of anilines is 1. The van der Waals surface area contributed by atoms with Gasteiger partial charge in [0.1, 0.15) is 0 Å². The van der Waals surface area contributed by atoms with Crippen LogP contribution in [0, 0.1) is 11.8 Å². The summed E-state index contributed by atoms with van der Waals surface area (Å²) in [4.78, 5) is 4.54. The summed E-state index contributed by atoms with van der Waals surface area (Å²) < 4.78 is 2.34. The van der Waals surface area contributed by atoms with Gasteiger partial charge in [-0.05, 0) is 31.1 Å². The summed E-state index contributed by atoms with van der Waals surface area (Å²) >= 11 is 0.